The van der Waals surface area contributed by atoms with Crippen molar-refractivity contribution in [1.82, 2.24) is 10.3 Å². The number of hydrogen-bond acceptors (Lipinski definition) is 3. The number of amides is 1. The molecule has 1 amide bonds. The Bertz CT molecular complexity index is 847. The van der Waals surface area contributed by atoms with Crippen LogP contribution in [0.15, 0.2) is 30.5 Å². The molecule has 0 saturated heterocycles. The van der Waals surface area contributed by atoms with Crippen LogP contribution in [-0.2, 0) is 12.8 Å². The molecule has 0 radical (unpaired) electrons. The van der Waals surface area contributed by atoms with Crippen LogP contribution in [-0.4, -0.2) is 16.7 Å². The Hall–Kier alpha value is -2.56. The van der Waals surface area contributed by atoms with Gasteiger partial charge in [0.2, 0.25) is 0 Å². The number of carbonyl (C=O) groups is 2. The Morgan fingerprint density at radius 1 is 1.25 bits per heavy atom. The molecule has 1 N–H and O–H groups in total. The largest absolute Gasteiger partial charge is 0.345 e. The zero-order valence-corrected chi connectivity index (χ0v) is 13.1. The Morgan fingerprint density at radius 2 is 2.12 bits per heavy atom. The second-order valence-electron chi connectivity index (χ2n) is 6.37. The molecule has 1 aromatic heterocycles. The van der Waals surface area contributed by atoms with Crippen LogP contribution < -0.4 is 5.32 Å². The maximum absolute atomic E-state index is 13.8. The van der Waals surface area contributed by atoms with Crippen LogP contribution in [0.4, 0.5) is 4.39 Å². The van der Waals surface area contributed by atoms with Gasteiger partial charge in [-0.15, -0.1) is 0 Å². The summed E-state index contributed by atoms with van der Waals surface area (Å²) in [7, 11) is 0. The van der Waals surface area contributed by atoms with Crippen molar-refractivity contribution in [3.63, 3.8) is 0 Å². The van der Waals surface area contributed by atoms with E-state index in [1.165, 1.54) is 12.3 Å². The lowest BCUT2D eigenvalue weighted by Crippen LogP contribution is -2.28. The Morgan fingerprint density at radius 3 is 3.00 bits per heavy atom. The van der Waals surface area contributed by atoms with Gasteiger partial charge >= 0.3 is 0 Å². The van der Waals surface area contributed by atoms with Crippen LogP contribution in [0, 0.1) is 5.82 Å². The summed E-state index contributed by atoms with van der Waals surface area (Å²) in [6.45, 7) is 0. The van der Waals surface area contributed by atoms with E-state index in [-0.39, 0.29) is 23.5 Å². The molecule has 5 heteroatoms. The summed E-state index contributed by atoms with van der Waals surface area (Å²) in [5, 5.41) is 2.94. The quantitative estimate of drug-likeness (QED) is 0.923. The lowest BCUT2D eigenvalue weighted by molar-refractivity contribution is 0.0936. The van der Waals surface area contributed by atoms with Gasteiger partial charge in [-0.3, -0.25) is 14.6 Å². The first-order valence-corrected chi connectivity index (χ1v) is 8.24. The molecule has 4 rings (SSSR count). The minimum Gasteiger partial charge on any atom is -0.345 e. The van der Waals surface area contributed by atoms with Gasteiger partial charge in [-0.2, -0.15) is 0 Å². The van der Waals surface area contributed by atoms with Crippen molar-refractivity contribution in [2.45, 2.75) is 38.1 Å². The van der Waals surface area contributed by atoms with Gasteiger partial charge in [0.05, 0.1) is 17.3 Å². The molecule has 2 aliphatic carbocycles. The highest BCUT2D eigenvalue weighted by molar-refractivity contribution is 6.01. The normalized spacial score (nSPS) is 18.9. The van der Waals surface area contributed by atoms with Crippen LogP contribution in [0.1, 0.15) is 62.8 Å². The van der Waals surface area contributed by atoms with Crippen LogP contribution in [0.25, 0.3) is 0 Å². The summed E-state index contributed by atoms with van der Waals surface area (Å²) in [6.07, 6.45) is 4.92. The first-order valence-electron chi connectivity index (χ1n) is 8.24. The van der Waals surface area contributed by atoms with Crippen LogP contribution in [0.3, 0.4) is 0 Å². The van der Waals surface area contributed by atoms with Crippen molar-refractivity contribution in [2.24, 2.45) is 0 Å². The Labute approximate surface area is 139 Å². The fraction of sp³-hybridized carbons (Fsp3) is 0.316. The topological polar surface area (TPSA) is 59.1 Å². The summed E-state index contributed by atoms with van der Waals surface area (Å²) in [5.74, 6) is -0.442. The molecule has 1 aromatic carbocycles. The van der Waals surface area contributed by atoms with Crippen molar-refractivity contribution in [1.29, 1.82) is 0 Å². The lowest BCUT2D eigenvalue weighted by Gasteiger charge is -2.17. The lowest BCUT2D eigenvalue weighted by atomic mass is 9.94. The van der Waals surface area contributed by atoms with Gasteiger partial charge in [-0.1, -0.05) is 12.1 Å². The molecular weight excluding hydrogens is 307 g/mol. The third kappa shape index (κ3) is 2.50. The number of hydrogen-bond donors (Lipinski definition) is 1. The van der Waals surface area contributed by atoms with E-state index in [1.807, 2.05) is 6.07 Å². The monoisotopic (exact) mass is 324 g/mol. The average Bonchev–Trinajstić information content (AvgIpc) is 2.99. The molecule has 0 fully saturated rings. The third-order valence-corrected chi connectivity index (χ3v) is 4.87. The number of aromatic nitrogens is 1. The summed E-state index contributed by atoms with van der Waals surface area (Å²) in [6, 6.07) is 6.40. The van der Waals surface area contributed by atoms with E-state index >= 15 is 0 Å². The van der Waals surface area contributed by atoms with E-state index in [9.17, 15) is 14.0 Å². The summed E-state index contributed by atoms with van der Waals surface area (Å²) in [5.41, 5.74) is 3.24. The smallest absolute Gasteiger partial charge is 0.253 e. The first-order chi connectivity index (χ1) is 11.6. The maximum atomic E-state index is 13.8. The standard InChI is InChI=1S/C19H17FN2O2/c20-15-4-1-3-13-12(15)7-8-17(13)22-19(24)11-9-14-16(21-10-11)5-2-6-18(14)23/h1,3-4,9-10,17H,2,5-8H2,(H,22,24). The molecule has 1 unspecified atom stereocenters. The number of carbonyl (C=O) groups excluding carboxylic acids is 2. The first kappa shape index (κ1) is 15.0. The summed E-state index contributed by atoms with van der Waals surface area (Å²) < 4.78 is 13.8. The van der Waals surface area contributed by atoms with E-state index in [1.54, 1.807) is 12.1 Å². The van der Waals surface area contributed by atoms with Crippen molar-refractivity contribution in [3.05, 3.63) is 64.2 Å². The second-order valence-corrected chi connectivity index (χ2v) is 6.37. The van der Waals surface area contributed by atoms with Crippen LogP contribution >= 0.6 is 0 Å². The molecule has 1 heterocycles. The fourth-order valence-electron chi connectivity index (χ4n) is 3.61. The Balaban J connectivity index is 1.57. The second kappa shape index (κ2) is 5.82. The molecule has 0 aliphatic heterocycles. The van der Waals surface area contributed by atoms with Crippen molar-refractivity contribution in [3.8, 4) is 0 Å². The molecule has 24 heavy (non-hydrogen) atoms. The average molecular weight is 324 g/mol. The minimum absolute atomic E-state index is 0.0479. The number of pyridine rings is 1. The molecule has 2 aromatic rings. The molecular formula is C19H17FN2O2. The molecule has 0 saturated carbocycles. The number of halogens is 1. The van der Waals surface area contributed by atoms with Gasteiger partial charge in [0.25, 0.3) is 5.91 Å². The highest BCUT2D eigenvalue weighted by Crippen LogP contribution is 2.33. The predicted octanol–water partition coefficient (Wildman–Crippen LogP) is 3.16. The van der Waals surface area contributed by atoms with Crippen molar-refractivity contribution < 1.29 is 14.0 Å². The zero-order chi connectivity index (χ0) is 16.7. The fourth-order valence-corrected chi connectivity index (χ4v) is 3.61. The van der Waals surface area contributed by atoms with Gasteiger partial charge in [-0.05, 0) is 48.9 Å². The van der Waals surface area contributed by atoms with E-state index < -0.39 is 0 Å². The third-order valence-electron chi connectivity index (χ3n) is 4.87. The van der Waals surface area contributed by atoms with E-state index in [4.69, 9.17) is 0 Å². The highest BCUT2D eigenvalue weighted by atomic mass is 19.1. The van der Waals surface area contributed by atoms with Gasteiger partial charge < -0.3 is 5.32 Å². The maximum Gasteiger partial charge on any atom is 0.253 e. The van der Waals surface area contributed by atoms with E-state index in [0.717, 1.165) is 24.1 Å². The number of benzene rings is 1. The van der Waals surface area contributed by atoms with Crippen LogP contribution in [0.2, 0.25) is 0 Å². The zero-order valence-electron chi connectivity index (χ0n) is 13.1. The SMILES string of the molecule is O=C(NC1CCc2c(F)cccc21)c1cnc2c(c1)C(=O)CCC2. The molecule has 4 nitrogen and oxygen atoms in total. The number of nitrogens with one attached hydrogen (secondary N) is 1. The van der Waals surface area contributed by atoms with Crippen molar-refractivity contribution >= 4 is 11.7 Å². The highest BCUT2D eigenvalue weighted by Gasteiger charge is 2.27. The number of nitrogens with zero attached hydrogens (tertiary/aromatic N) is 1. The number of ketones is 1. The minimum atomic E-state index is -0.272. The summed E-state index contributed by atoms with van der Waals surface area (Å²) >= 11 is 0. The number of fused-ring (bicyclic) bond motifs is 2. The van der Waals surface area contributed by atoms with E-state index in [0.29, 0.717) is 36.0 Å². The molecule has 2 aliphatic rings. The molecule has 1 atom stereocenters. The van der Waals surface area contributed by atoms with Gasteiger partial charge in [-0.25, -0.2) is 4.39 Å². The van der Waals surface area contributed by atoms with Gasteiger partial charge in [0.15, 0.2) is 5.78 Å². The predicted molar refractivity (Wildman–Crippen MR) is 86.4 cm³/mol. The number of aryl methyl sites for hydroxylation is 1. The number of Topliss-reactive ketones (excluding diaryl/α,β-unsaturated/α-hetero) is 1. The van der Waals surface area contributed by atoms with E-state index in [2.05, 4.69) is 10.3 Å². The summed E-state index contributed by atoms with van der Waals surface area (Å²) in [4.78, 5) is 28.8. The van der Waals surface area contributed by atoms with Gasteiger partial charge in [0, 0.05) is 18.2 Å². The Kier molecular flexibility index (Phi) is 3.63. The van der Waals surface area contributed by atoms with Gasteiger partial charge in [0.1, 0.15) is 5.82 Å². The number of rotatable bonds is 2. The van der Waals surface area contributed by atoms with Crippen LogP contribution in [0.5, 0.6) is 0 Å². The van der Waals surface area contributed by atoms with Crippen molar-refractivity contribution in [2.75, 3.05) is 0 Å². The molecule has 122 valence electrons. The molecule has 0 bridgehead atoms. The molecule has 0 spiro atoms.